The Morgan fingerprint density at radius 1 is 1.17 bits per heavy atom. The predicted molar refractivity (Wildman–Crippen MR) is 48.5 cm³/mol. The minimum Gasteiger partial charge on any atom is -0.390 e. The minimum atomic E-state index is -0.554. The van der Waals surface area contributed by atoms with E-state index >= 15 is 0 Å². The SMILES string of the molecule is Cl.O[C@@H]1CC2(CCC2)NC[C@@H]1O. The highest BCUT2D eigenvalue weighted by Gasteiger charge is 2.43. The van der Waals surface area contributed by atoms with Crippen molar-refractivity contribution in [3.05, 3.63) is 0 Å². The Kier molecular flexibility index (Phi) is 2.99. The summed E-state index contributed by atoms with van der Waals surface area (Å²) in [5, 5.41) is 21.9. The van der Waals surface area contributed by atoms with Crippen LogP contribution in [0.3, 0.4) is 0 Å². The number of aliphatic hydroxyl groups is 2. The number of hydrogen-bond acceptors (Lipinski definition) is 3. The maximum absolute atomic E-state index is 9.39. The fraction of sp³-hybridized carbons (Fsp3) is 1.00. The molecule has 1 saturated carbocycles. The van der Waals surface area contributed by atoms with E-state index in [-0.39, 0.29) is 17.9 Å². The van der Waals surface area contributed by atoms with Crippen molar-refractivity contribution in [2.24, 2.45) is 0 Å². The fourth-order valence-corrected chi connectivity index (χ4v) is 2.05. The lowest BCUT2D eigenvalue weighted by Gasteiger charge is -2.48. The second-order valence-electron chi connectivity index (χ2n) is 3.85. The van der Waals surface area contributed by atoms with Crippen LogP contribution in [0.5, 0.6) is 0 Å². The van der Waals surface area contributed by atoms with E-state index in [1.165, 1.54) is 6.42 Å². The number of nitrogens with one attached hydrogen (secondary N) is 1. The molecule has 1 aliphatic heterocycles. The molecule has 0 aromatic heterocycles. The monoisotopic (exact) mass is 193 g/mol. The smallest absolute Gasteiger partial charge is 0.0923 e. The van der Waals surface area contributed by atoms with Crippen molar-refractivity contribution in [1.82, 2.24) is 5.32 Å². The van der Waals surface area contributed by atoms with Crippen LogP contribution in [0.1, 0.15) is 25.7 Å². The molecule has 1 spiro atoms. The molecule has 0 bridgehead atoms. The Labute approximate surface area is 78.6 Å². The molecule has 3 nitrogen and oxygen atoms in total. The van der Waals surface area contributed by atoms with E-state index in [0.29, 0.717) is 6.54 Å². The van der Waals surface area contributed by atoms with Gasteiger partial charge in [-0.15, -0.1) is 12.4 Å². The van der Waals surface area contributed by atoms with E-state index in [1.54, 1.807) is 0 Å². The highest BCUT2D eigenvalue weighted by molar-refractivity contribution is 5.85. The van der Waals surface area contributed by atoms with Crippen LogP contribution in [-0.2, 0) is 0 Å². The molecule has 0 unspecified atom stereocenters. The van der Waals surface area contributed by atoms with Gasteiger partial charge in [0.2, 0.25) is 0 Å². The summed E-state index contributed by atoms with van der Waals surface area (Å²) in [5.74, 6) is 0. The van der Waals surface area contributed by atoms with Gasteiger partial charge < -0.3 is 15.5 Å². The van der Waals surface area contributed by atoms with Gasteiger partial charge in [-0.1, -0.05) is 0 Å². The maximum atomic E-state index is 9.39. The van der Waals surface area contributed by atoms with Crippen LogP contribution in [0.15, 0.2) is 0 Å². The van der Waals surface area contributed by atoms with Gasteiger partial charge in [0.15, 0.2) is 0 Å². The van der Waals surface area contributed by atoms with Gasteiger partial charge in [0.1, 0.15) is 0 Å². The van der Waals surface area contributed by atoms with Crippen LogP contribution in [0, 0.1) is 0 Å². The topological polar surface area (TPSA) is 52.5 Å². The van der Waals surface area contributed by atoms with Crippen molar-refractivity contribution in [3.8, 4) is 0 Å². The predicted octanol–water partition coefficient (Wildman–Crippen LogP) is 0.0460. The highest BCUT2D eigenvalue weighted by Crippen LogP contribution is 2.38. The molecule has 3 N–H and O–H groups in total. The fourth-order valence-electron chi connectivity index (χ4n) is 2.05. The number of halogens is 1. The zero-order valence-corrected chi connectivity index (χ0v) is 7.81. The lowest BCUT2D eigenvalue weighted by molar-refractivity contribution is -0.0514. The molecule has 4 heteroatoms. The third kappa shape index (κ3) is 1.59. The van der Waals surface area contributed by atoms with Gasteiger partial charge in [-0.05, 0) is 25.7 Å². The highest BCUT2D eigenvalue weighted by atomic mass is 35.5. The Bertz CT molecular complexity index is 161. The molecule has 2 atom stereocenters. The number of β-amino-alcohol motifs (C(OH)–C–C–N with tert-alkyl or cyclic N) is 1. The first kappa shape index (κ1) is 10.3. The number of hydrogen-bond donors (Lipinski definition) is 3. The van der Waals surface area contributed by atoms with Gasteiger partial charge in [-0.2, -0.15) is 0 Å². The van der Waals surface area contributed by atoms with Crippen LogP contribution in [0.2, 0.25) is 0 Å². The molecule has 1 saturated heterocycles. The summed E-state index contributed by atoms with van der Waals surface area (Å²) in [6.45, 7) is 0.557. The molecule has 1 aliphatic carbocycles. The molecular formula is C8H16ClNO2. The molecule has 0 amide bonds. The largest absolute Gasteiger partial charge is 0.390 e. The zero-order chi connectivity index (χ0) is 7.90. The van der Waals surface area contributed by atoms with Gasteiger partial charge in [0.25, 0.3) is 0 Å². The van der Waals surface area contributed by atoms with Crippen LogP contribution in [0.25, 0.3) is 0 Å². The average Bonchev–Trinajstić information content (AvgIpc) is 1.92. The first-order chi connectivity index (χ1) is 5.22. The van der Waals surface area contributed by atoms with Gasteiger partial charge in [-0.3, -0.25) is 0 Å². The molecule has 1 heterocycles. The van der Waals surface area contributed by atoms with Crippen molar-refractivity contribution in [3.63, 3.8) is 0 Å². The van der Waals surface area contributed by atoms with E-state index in [4.69, 9.17) is 0 Å². The van der Waals surface area contributed by atoms with Crippen molar-refractivity contribution in [2.45, 2.75) is 43.4 Å². The summed E-state index contributed by atoms with van der Waals surface area (Å²) in [4.78, 5) is 0. The lowest BCUT2D eigenvalue weighted by atomic mass is 9.70. The van der Waals surface area contributed by atoms with E-state index in [1.807, 2.05) is 0 Å². The summed E-state index contributed by atoms with van der Waals surface area (Å²) < 4.78 is 0. The molecule has 0 aromatic rings. The Morgan fingerprint density at radius 2 is 1.83 bits per heavy atom. The summed E-state index contributed by atoms with van der Waals surface area (Å²) in [7, 11) is 0. The van der Waals surface area contributed by atoms with E-state index < -0.39 is 12.2 Å². The van der Waals surface area contributed by atoms with Crippen molar-refractivity contribution in [2.75, 3.05) is 6.54 Å². The molecule has 2 rings (SSSR count). The molecule has 2 aliphatic rings. The summed E-state index contributed by atoms with van der Waals surface area (Å²) in [6.07, 6.45) is 3.26. The number of rotatable bonds is 0. The average molecular weight is 194 g/mol. The Hall–Kier alpha value is 0.170. The quantitative estimate of drug-likeness (QED) is 0.510. The summed E-state index contributed by atoms with van der Waals surface area (Å²) in [6, 6.07) is 0. The molecule has 72 valence electrons. The minimum absolute atomic E-state index is 0. The Morgan fingerprint density at radius 3 is 2.25 bits per heavy atom. The van der Waals surface area contributed by atoms with Crippen molar-refractivity contribution in [1.29, 1.82) is 0 Å². The van der Waals surface area contributed by atoms with E-state index in [2.05, 4.69) is 5.32 Å². The third-order valence-corrected chi connectivity index (χ3v) is 3.04. The second kappa shape index (κ2) is 3.50. The summed E-state index contributed by atoms with van der Waals surface area (Å²) >= 11 is 0. The van der Waals surface area contributed by atoms with Gasteiger partial charge in [0.05, 0.1) is 12.2 Å². The zero-order valence-electron chi connectivity index (χ0n) is 6.99. The molecule has 0 radical (unpaired) electrons. The van der Waals surface area contributed by atoms with E-state index in [9.17, 15) is 10.2 Å². The van der Waals surface area contributed by atoms with Crippen LogP contribution >= 0.6 is 12.4 Å². The van der Waals surface area contributed by atoms with E-state index in [0.717, 1.165) is 19.3 Å². The molecule has 0 aromatic carbocycles. The van der Waals surface area contributed by atoms with Gasteiger partial charge >= 0.3 is 0 Å². The van der Waals surface area contributed by atoms with Gasteiger partial charge in [0, 0.05) is 12.1 Å². The summed E-state index contributed by atoms with van der Waals surface area (Å²) in [5.41, 5.74) is 0.193. The Balaban J connectivity index is 0.000000720. The third-order valence-electron chi connectivity index (χ3n) is 3.04. The number of piperidine rings is 1. The standard InChI is InChI=1S/C8H15NO2.ClH/c10-6-4-8(2-1-3-8)9-5-7(6)11;/h6-7,9-11H,1-5H2;1H/t6-,7+;/m1./s1. The first-order valence-electron chi connectivity index (χ1n) is 4.33. The number of aliphatic hydroxyl groups excluding tert-OH is 2. The molecule has 2 fully saturated rings. The lowest BCUT2D eigenvalue weighted by Crippen LogP contribution is -2.61. The van der Waals surface area contributed by atoms with Gasteiger partial charge in [-0.25, -0.2) is 0 Å². The normalized spacial score (nSPS) is 38.5. The maximum Gasteiger partial charge on any atom is 0.0923 e. The molecular weight excluding hydrogens is 178 g/mol. The molecule has 12 heavy (non-hydrogen) atoms. The second-order valence-corrected chi connectivity index (χ2v) is 3.85. The van der Waals surface area contributed by atoms with Crippen LogP contribution in [-0.4, -0.2) is 34.5 Å². The van der Waals surface area contributed by atoms with Crippen LogP contribution in [0.4, 0.5) is 0 Å². The first-order valence-corrected chi connectivity index (χ1v) is 4.33. The van der Waals surface area contributed by atoms with Crippen molar-refractivity contribution >= 4 is 12.4 Å². The van der Waals surface area contributed by atoms with Crippen LogP contribution < -0.4 is 5.32 Å². The van der Waals surface area contributed by atoms with Crippen molar-refractivity contribution < 1.29 is 10.2 Å².